The first-order valence-corrected chi connectivity index (χ1v) is 14.3. The van der Waals surface area contributed by atoms with E-state index >= 15 is 0 Å². The van der Waals surface area contributed by atoms with Crippen molar-refractivity contribution < 1.29 is 19.1 Å². The molecule has 5 rings (SSSR count). The molecule has 0 spiro atoms. The van der Waals surface area contributed by atoms with Gasteiger partial charge in [-0.1, -0.05) is 62.9 Å². The number of ether oxygens (including phenoxy) is 2. The van der Waals surface area contributed by atoms with Crippen molar-refractivity contribution >= 4 is 11.8 Å². The van der Waals surface area contributed by atoms with Crippen LogP contribution in [0.5, 0.6) is 11.5 Å². The van der Waals surface area contributed by atoms with Crippen LogP contribution in [0.25, 0.3) is 0 Å². The highest BCUT2D eigenvalue weighted by atomic mass is 16.7. The predicted molar refractivity (Wildman–Crippen MR) is 151 cm³/mol. The maximum atomic E-state index is 14.0. The highest BCUT2D eigenvalue weighted by Gasteiger charge is 2.29. The fourth-order valence-corrected chi connectivity index (χ4v) is 5.58. The number of fused-ring (bicyclic) bond motifs is 1. The molecule has 2 heterocycles. The number of unbranched alkanes of at least 4 members (excludes halogenated alkanes) is 1. The molecule has 39 heavy (non-hydrogen) atoms. The molecule has 1 fully saturated rings. The SMILES string of the molecule is CCCCN(CC(=O)N(Cc1cccn1Cc1ccccc1)C1CCCCC1)C(=O)c1ccc2c(c1)OCO2. The van der Waals surface area contributed by atoms with Gasteiger partial charge in [-0.2, -0.15) is 0 Å². The highest BCUT2D eigenvalue weighted by Crippen LogP contribution is 2.33. The van der Waals surface area contributed by atoms with Crippen LogP contribution in [0.3, 0.4) is 0 Å². The molecular weight excluding hydrogens is 490 g/mol. The summed E-state index contributed by atoms with van der Waals surface area (Å²) in [6, 6.07) is 20.0. The zero-order valence-electron chi connectivity index (χ0n) is 22.9. The number of hydrogen-bond acceptors (Lipinski definition) is 4. The lowest BCUT2D eigenvalue weighted by molar-refractivity contribution is -0.135. The van der Waals surface area contributed by atoms with Crippen molar-refractivity contribution in [3.8, 4) is 11.5 Å². The van der Waals surface area contributed by atoms with Crippen molar-refractivity contribution in [1.29, 1.82) is 0 Å². The summed E-state index contributed by atoms with van der Waals surface area (Å²) in [6.07, 6.45) is 9.37. The van der Waals surface area contributed by atoms with Gasteiger partial charge in [-0.15, -0.1) is 0 Å². The number of nitrogens with zero attached hydrogens (tertiary/aromatic N) is 3. The van der Waals surface area contributed by atoms with E-state index in [0.29, 0.717) is 30.2 Å². The lowest BCUT2D eigenvalue weighted by Gasteiger charge is -2.36. The zero-order valence-corrected chi connectivity index (χ0v) is 22.9. The van der Waals surface area contributed by atoms with Crippen LogP contribution in [0.2, 0.25) is 0 Å². The number of hydrogen-bond donors (Lipinski definition) is 0. The number of carbonyl (C=O) groups is 2. The minimum atomic E-state index is -0.147. The van der Waals surface area contributed by atoms with Crippen LogP contribution in [0.1, 0.15) is 73.5 Å². The normalized spacial score (nSPS) is 14.8. The Morgan fingerprint density at radius 3 is 2.54 bits per heavy atom. The molecular formula is C32H39N3O4. The van der Waals surface area contributed by atoms with Gasteiger partial charge in [0.05, 0.1) is 6.54 Å². The predicted octanol–water partition coefficient (Wildman–Crippen LogP) is 5.87. The Balaban J connectivity index is 1.35. The van der Waals surface area contributed by atoms with Gasteiger partial charge in [0, 0.05) is 36.6 Å². The molecule has 1 aliphatic carbocycles. The van der Waals surface area contributed by atoms with Crippen LogP contribution in [0.4, 0.5) is 0 Å². The second kappa shape index (κ2) is 12.9. The number of aromatic nitrogens is 1. The van der Waals surface area contributed by atoms with Gasteiger partial charge in [-0.05, 0) is 55.2 Å². The summed E-state index contributed by atoms with van der Waals surface area (Å²) < 4.78 is 13.1. The van der Waals surface area contributed by atoms with E-state index in [1.165, 1.54) is 12.0 Å². The Bertz CT molecular complexity index is 1250. The molecule has 2 amide bonds. The molecule has 0 saturated heterocycles. The van der Waals surface area contributed by atoms with Gasteiger partial charge in [0.2, 0.25) is 12.7 Å². The Morgan fingerprint density at radius 2 is 1.74 bits per heavy atom. The molecule has 0 radical (unpaired) electrons. The van der Waals surface area contributed by atoms with Gasteiger partial charge in [0.25, 0.3) is 5.91 Å². The van der Waals surface area contributed by atoms with Gasteiger partial charge in [0.1, 0.15) is 6.54 Å². The second-order valence-corrected chi connectivity index (χ2v) is 10.6. The summed E-state index contributed by atoms with van der Waals surface area (Å²) in [7, 11) is 0. The molecule has 1 aromatic heterocycles. The van der Waals surface area contributed by atoms with E-state index in [4.69, 9.17) is 9.47 Å². The molecule has 0 N–H and O–H groups in total. The standard InChI is InChI=1S/C32H39N3O4/c1-2-3-18-34(32(37)26-16-17-29-30(20-26)39-24-38-29)23-31(36)35(27-13-8-5-9-14-27)22-28-15-10-19-33(28)21-25-11-6-4-7-12-25/h4,6-7,10-12,15-17,19-20,27H,2-3,5,8-9,13-14,18,21-24H2,1H3. The van der Waals surface area contributed by atoms with Gasteiger partial charge in [-0.25, -0.2) is 0 Å². The molecule has 1 aliphatic heterocycles. The maximum Gasteiger partial charge on any atom is 0.254 e. The summed E-state index contributed by atoms with van der Waals surface area (Å²) in [6.45, 7) is 4.18. The summed E-state index contributed by atoms with van der Waals surface area (Å²) >= 11 is 0. The summed E-state index contributed by atoms with van der Waals surface area (Å²) in [4.78, 5) is 31.4. The maximum absolute atomic E-state index is 14.0. The fourth-order valence-electron chi connectivity index (χ4n) is 5.58. The molecule has 206 valence electrons. The van der Waals surface area contributed by atoms with Crippen molar-refractivity contribution in [1.82, 2.24) is 14.4 Å². The molecule has 0 unspecified atom stereocenters. The minimum absolute atomic E-state index is 0.0135. The van der Waals surface area contributed by atoms with Crippen LogP contribution in [-0.2, 0) is 17.9 Å². The average Bonchev–Trinajstić information content (AvgIpc) is 3.63. The van der Waals surface area contributed by atoms with Crippen LogP contribution < -0.4 is 9.47 Å². The topological polar surface area (TPSA) is 64.0 Å². The second-order valence-electron chi connectivity index (χ2n) is 10.6. The zero-order chi connectivity index (χ0) is 27.0. The summed E-state index contributed by atoms with van der Waals surface area (Å²) in [5.41, 5.74) is 2.86. The molecule has 1 saturated carbocycles. The average molecular weight is 530 g/mol. The summed E-state index contributed by atoms with van der Waals surface area (Å²) in [5, 5.41) is 0. The molecule has 3 aromatic rings. The fraction of sp³-hybridized carbons (Fsp3) is 0.438. The van der Waals surface area contributed by atoms with Gasteiger partial charge in [0.15, 0.2) is 11.5 Å². The highest BCUT2D eigenvalue weighted by molar-refractivity contribution is 5.97. The van der Waals surface area contributed by atoms with E-state index < -0.39 is 0 Å². The molecule has 2 aromatic carbocycles. The molecule has 0 bridgehead atoms. The Labute approximate surface area is 231 Å². The number of benzene rings is 2. The van der Waals surface area contributed by atoms with Crippen molar-refractivity contribution in [3.63, 3.8) is 0 Å². The third-order valence-corrected chi connectivity index (χ3v) is 7.80. The smallest absolute Gasteiger partial charge is 0.254 e. The molecule has 0 atom stereocenters. The minimum Gasteiger partial charge on any atom is -0.454 e. The molecule has 2 aliphatic rings. The van der Waals surface area contributed by atoms with E-state index in [9.17, 15) is 9.59 Å². The first-order chi connectivity index (χ1) is 19.1. The van der Waals surface area contributed by atoms with Crippen LogP contribution >= 0.6 is 0 Å². The Morgan fingerprint density at radius 1 is 0.949 bits per heavy atom. The third-order valence-electron chi connectivity index (χ3n) is 7.80. The van der Waals surface area contributed by atoms with Gasteiger partial charge < -0.3 is 23.8 Å². The van der Waals surface area contributed by atoms with Crippen LogP contribution in [-0.4, -0.2) is 52.1 Å². The van der Waals surface area contributed by atoms with E-state index in [-0.39, 0.29) is 31.2 Å². The first-order valence-electron chi connectivity index (χ1n) is 14.3. The van der Waals surface area contributed by atoms with E-state index in [0.717, 1.165) is 50.8 Å². The van der Waals surface area contributed by atoms with E-state index in [1.807, 2.05) is 11.0 Å². The summed E-state index contributed by atoms with van der Waals surface area (Å²) in [5.74, 6) is 1.08. The van der Waals surface area contributed by atoms with Gasteiger partial charge >= 0.3 is 0 Å². The quantitative estimate of drug-likeness (QED) is 0.312. The number of carbonyl (C=O) groups excluding carboxylic acids is 2. The molecule has 7 nitrogen and oxygen atoms in total. The Hall–Kier alpha value is -3.74. The largest absolute Gasteiger partial charge is 0.454 e. The third kappa shape index (κ3) is 6.64. The van der Waals surface area contributed by atoms with E-state index in [2.05, 4.69) is 54.1 Å². The van der Waals surface area contributed by atoms with Crippen molar-refractivity contribution in [2.75, 3.05) is 19.9 Å². The van der Waals surface area contributed by atoms with Crippen molar-refractivity contribution in [3.05, 3.63) is 83.7 Å². The van der Waals surface area contributed by atoms with Crippen molar-refractivity contribution in [2.45, 2.75) is 71.0 Å². The van der Waals surface area contributed by atoms with Crippen LogP contribution in [0.15, 0.2) is 66.9 Å². The van der Waals surface area contributed by atoms with Gasteiger partial charge in [-0.3, -0.25) is 9.59 Å². The van der Waals surface area contributed by atoms with Crippen LogP contribution in [0, 0.1) is 0 Å². The lowest BCUT2D eigenvalue weighted by atomic mass is 9.94. The monoisotopic (exact) mass is 529 g/mol. The first kappa shape index (κ1) is 26.9. The number of amides is 2. The molecule has 7 heteroatoms. The van der Waals surface area contributed by atoms with Crippen molar-refractivity contribution in [2.24, 2.45) is 0 Å². The van der Waals surface area contributed by atoms with E-state index in [1.54, 1.807) is 23.1 Å². The Kier molecular flexibility index (Phi) is 8.86. The lowest BCUT2D eigenvalue weighted by Crippen LogP contribution is -2.47. The number of rotatable bonds is 11.